The van der Waals surface area contributed by atoms with Crippen molar-refractivity contribution in [1.82, 2.24) is 0 Å². The lowest BCUT2D eigenvalue weighted by Gasteiger charge is -2.50. The Labute approximate surface area is 137 Å². The summed E-state index contributed by atoms with van der Waals surface area (Å²) in [7, 11) is 1.73. The molecule has 2 nitrogen and oxygen atoms in total. The third-order valence-corrected chi connectivity index (χ3v) is 5.60. The number of hydrogen-bond acceptors (Lipinski definition) is 2. The average molecular weight is 303 g/mol. The van der Waals surface area contributed by atoms with E-state index in [1.54, 1.807) is 7.11 Å². The van der Waals surface area contributed by atoms with Crippen LogP contribution in [0.5, 0.6) is 0 Å². The molecular formula is C21H21NO. The van der Waals surface area contributed by atoms with Gasteiger partial charge in [0.1, 0.15) is 5.54 Å². The van der Waals surface area contributed by atoms with E-state index >= 15 is 0 Å². The van der Waals surface area contributed by atoms with Crippen LogP contribution in [0, 0.1) is 0 Å². The molecule has 2 atom stereocenters. The van der Waals surface area contributed by atoms with Gasteiger partial charge in [-0.1, -0.05) is 54.6 Å². The van der Waals surface area contributed by atoms with E-state index in [-0.39, 0.29) is 11.0 Å². The van der Waals surface area contributed by atoms with Gasteiger partial charge in [-0.15, -0.1) is 0 Å². The predicted molar refractivity (Wildman–Crippen MR) is 94.6 cm³/mol. The summed E-state index contributed by atoms with van der Waals surface area (Å²) in [6.45, 7) is 6.65. The van der Waals surface area contributed by atoms with Crippen LogP contribution in [0.2, 0.25) is 0 Å². The molecule has 0 fully saturated rings. The van der Waals surface area contributed by atoms with Gasteiger partial charge < -0.3 is 4.74 Å². The number of methoxy groups -OCH3 is 1. The molecule has 116 valence electrons. The van der Waals surface area contributed by atoms with Crippen LogP contribution < -0.4 is 0 Å². The van der Waals surface area contributed by atoms with E-state index < -0.39 is 0 Å². The van der Waals surface area contributed by atoms with Gasteiger partial charge in [0.05, 0.1) is 12.5 Å². The molecule has 0 N–H and O–H groups in total. The van der Waals surface area contributed by atoms with Gasteiger partial charge in [0.25, 0.3) is 0 Å². The maximum atomic E-state index is 5.77. The molecule has 0 saturated carbocycles. The lowest BCUT2D eigenvalue weighted by atomic mass is 9.58. The lowest BCUT2D eigenvalue weighted by molar-refractivity contribution is 0.341. The first-order chi connectivity index (χ1) is 11.0. The predicted octanol–water partition coefficient (Wildman–Crippen LogP) is 4.71. The van der Waals surface area contributed by atoms with Gasteiger partial charge in [-0.05, 0) is 48.6 Å². The molecule has 23 heavy (non-hydrogen) atoms. The number of ether oxygens (including phenoxy) is 1. The third-order valence-electron chi connectivity index (χ3n) is 5.60. The molecule has 5 rings (SSSR count). The molecule has 0 aromatic heterocycles. The van der Waals surface area contributed by atoms with Crippen molar-refractivity contribution in [2.24, 2.45) is 4.99 Å². The molecule has 2 bridgehead atoms. The summed E-state index contributed by atoms with van der Waals surface area (Å²) < 4.78 is 5.77. The molecule has 2 aromatic rings. The normalized spacial score (nSPS) is 28.4. The van der Waals surface area contributed by atoms with Crippen LogP contribution in [0.4, 0.5) is 0 Å². The highest BCUT2D eigenvalue weighted by molar-refractivity contribution is 6.07. The Morgan fingerprint density at radius 1 is 0.870 bits per heavy atom. The van der Waals surface area contributed by atoms with Crippen molar-refractivity contribution in [3.8, 4) is 0 Å². The highest BCUT2D eigenvalue weighted by Gasteiger charge is 2.54. The van der Waals surface area contributed by atoms with Gasteiger partial charge in [-0.2, -0.15) is 0 Å². The fourth-order valence-corrected chi connectivity index (χ4v) is 4.34. The Bertz CT molecular complexity index is 849. The van der Waals surface area contributed by atoms with E-state index in [9.17, 15) is 0 Å². The molecule has 2 aromatic carbocycles. The van der Waals surface area contributed by atoms with Crippen molar-refractivity contribution in [1.29, 1.82) is 0 Å². The van der Waals surface area contributed by atoms with Crippen LogP contribution in [-0.4, -0.2) is 13.0 Å². The molecular weight excluding hydrogens is 282 g/mol. The second-order valence-electron chi connectivity index (χ2n) is 6.73. The Balaban J connectivity index is 2.10. The van der Waals surface area contributed by atoms with Crippen molar-refractivity contribution in [2.45, 2.75) is 31.7 Å². The summed E-state index contributed by atoms with van der Waals surface area (Å²) in [4.78, 5) is 5.01. The Morgan fingerprint density at radius 3 is 2.13 bits per heavy atom. The number of nitrogens with zero attached hydrogens (tertiary/aromatic N) is 1. The van der Waals surface area contributed by atoms with Gasteiger partial charge in [0, 0.05) is 0 Å². The topological polar surface area (TPSA) is 21.6 Å². The van der Waals surface area contributed by atoms with Crippen LogP contribution in [0.25, 0.3) is 5.57 Å². The van der Waals surface area contributed by atoms with Crippen LogP contribution in [-0.2, 0) is 15.7 Å². The first kappa shape index (κ1) is 14.3. The molecule has 2 aliphatic heterocycles. The molecule has 2 heteroatoms. The minimum atomic E-state index is -0.356. The second kappa shape index (κ2) is 4.58. The molecule has 3 aliphatic rings. The van der Waals surface area contributed by atoms with Gasteiger partial charge >= 0.3 is 0 Å². The fraction of sp³-hybridized carbons (Fsp3) is 0.286. The molecule has 2 heterocycles. The summed E-state index contributed by atoms with van der Waals surface area (Å²) in [6, 6.07) is 19.3. The van der Waals surface area contributed by atoms with E-state index in [0.717, 1.165) is 5.90 Å². The zero-order chi connectivity index (χ0) is 16.2. The number of hydrogen-bond donors (Lipinski definition) is 0. The van der Waals surface area contributed by atoms with Crippen molar-refractivity contribution in [3.05, 3.63) is 76.9 Å². The van der Waals surface area contributed by atoms with Gasteiger partial charge in [-0.25, -0.2) is 4.99 Å². The highest BCUT2D eigenvalue weighted by atomic mass is 16.5. The highest BCUT2D eigenvalue weighted by Crippen LogP contribution is 2.58. The number of aliphatic imine (C=N–C) groups is 1. The van der Waals surface area contributed by atoms with Crippen LogP contribution >= 0.6 is 0 Å². The SMILES string of the molecule is COC1=N[C@@]2(C)C(C)=C(c3ccccc3)[C@@]1(C)c1ccccc12. The van der Waals surface area contributed by atoms with E-state index in [2.05, 4.69) is 75.4 Å². The Morgan fingerprint density at radius 2 is 1.48 bits per heavy atom. The number of benzene rings is 2. The fourth-order valence-electron chi connectivity index (χ4n) is 4.34. The zero-order valence-corrected chi connectivity index (χ0v) is 14.1. The van der Waals surface area contributed by atoms with Gasteiger partial charge in [-0.3, -0.25) is 0 Å². The van der Waals surface area contributed by atoms with Crippen molar-refractivity contribution in [3.63, 3.8) is 0 Å². The van der Waals surface area contributed by atoms with Crippen molar-refractivity contribution in [2.75, 3.05) is 7.11 Å². The summed E-state index contributed by atoms with van der Waals surface area (Å²) in [5.74, 6) is 0.808. The largest absolute Gasteiger partial charge is 0.483 e. The minimum absolute atomic E-state index is 0.339. The third kappa shape index (κ3) is 1.61. The summed E-state index contributed by atoms with van der Waals surface area (Å²) in [5.41, 5.74) is 5.79. The quantitative estimate of drug-likeness (QED) is 0.748. The standard InChI is InChI=1S/C21H21NO/c1-14-18(15-10-6-5-7-11-15)20(2)16-12-8-9-13-17(16)21(14,3)22-19(20)23-4/h5-13H,1-4H3/t20-,21+/m1/s1. The number of dihydropyridines is 1. The molecule has 0 amide bonds. The smallest absolute Gasteiger partial charge is 0.199 e. The zero-order valence-electron chi connectivity index (χ0n) is 14.1. The molecule has 0 radical (unpaired) electrons. The first-order valence-electron chi connectivity index (χ1n) is 8.05. The maximum absolute atomic E-state index is 5.77. The average Bonchev–Trinajstić information content (AvgIpc) is 2.58. The summed E-state index contributed by atoms with van der Waals surface area (Å²) in [5, 5.41) is 0. The van der Waals surface area contributed by atoms with Crippen LogP contribution in [0.1, 0.15) is 37.5 Å². The van der Waals surface area contributed by atoms with Crippen LogP contribution in [0.15, 0.2) is 65.2 Å². The van der Waals surface area contributed by atoms with E-state index in [1.807, 2.05) is 0 Å². The van der Waals surface area contributed by atoms with Gasteiger partial charge in [0.15, 0.2) is 5.90 Å². The first-order valence-corrected chi connectivity index (χ1v) is 8.05. The van der Waals surface area contributed by atoms with E-state index in [4.69, 9.17) is 9.73 Å². The molecule has 0 spiro atoms. The molecule has 1 aliphatic carbocycles. The summed E-state index contributed by atoms with van der Waals surface area (Å²) in [6.07, 6.45) is 0. The van der Waals surface area contributed by atoms with Crippen molar-refractivity contribution < 1.29 is 4.74 Å². The Kier molecular flexibility index (Phi) is 2.84. The molecule has 0 unspecified atom stereocenters. The monoisotopic (exact) mass is 303 g/mol. The Hall–Kier alpha value is -2.35. The van der Waals surface area contributed by atoms with Crippen molar-refractivity contribution >= 4 is 11.5 Å². The summed E-state index contributed by atoms with van der Waals surface area (Å²) >= 11 is 0. The van der Waals surface area contributed by atoms with E-state index in [1.165, 1.54) is 27.8 Å². The lowest BCUT2D eigenvalue weighted by Crippen LogP contribution is -2.49. The van der Waals surface area contributed by atoms with Gasteiger partial charge in [0.2, 0.25) is 0 Å². The maximum Gasteiger partial charge on any atom is 0.199 e. The van der Waals surface area contributed by atoms with Crippen LogP contribution in [0.3, 0.4) is 0 Å². The molecule has 0 saturated heterocycles. The number of rotatable bonds is 1. The minimum Gasteiger partial charge on any atom is -0.483 e. The second-order valence-corrected chi connectivity index (χ2v) is 6.73. The van der Waals surface area contributed by atoms with E-state index in [0.29, 0.717) is 0 Å².